The molecule has 5 heteroatoms. The molecule has 1 aromatic rings. The van der Waals surface area contributed by atoms with Gasteiger partial charge in [0.05, 0.1) is 0 Å². The van der Waals surface area contributed by atoms with Gasteiger partial charge in [0.2, 0.25) is 5.91 Å². The molecule has 68 valence electrons. The largest absolute Gasteiger partial charge is 0.366 e. The van der Waals surface area contributed by atoms with E-state index in [0.717, 1.165) is 5.69 Å². The van der Waals surface area contributed by atoms with Crippen LogP contribution >= 0.6 is 0 Å². The first-order valence-electron chi connectivity index (χ1n) is 3.68. The van der Waals surface area contributed by atoms with Gasteiger partial charge in [0, 0.05) is 17.7 Å². The lowest BCUT2D eigenvalue weighted by Crippen LogP contribution is -2.84. The topological polar surface area (TPSA) is 110 Å². The molecule has 0 bridgehead atoms. The standard InChI is InChI=1S/C8H10N4O/c9-7(13)5-1-3-6(4-2-5)12-8(10)11/h1-4H,(H2,9,13)(H4,10,11,12)/p+1. The van der Waals surface area contributed by atoms with E-state index < -0.39 is 5.91 Å². The molecule has 0 unspecified atom stereocenters. The normalized spacial score (nSPS) is 9.54. The summed E-state index contributed by atoms with van der Waals surface area (Å²) in [5.74, 6) is -0.485. The van der Waals surface area contributed by atoms with E-state index in [1.807, 2.05) is 0 Å². The van der Waals surface area contributed by atoms with E-state index in [1.54, 1.807) is 24.3 Å². The van der Waals surface area contributed by atoms with Gasteiger partial charge in [-0.15, -0.1) is 0 Å². The molecule has 7 N–H and O–H groups in total. The SMILES string of the molecule is N=C(N)[NH2+]c1ccc(C(N)=O)cc1. The van der Waals surface area contributed by atoms with Crippen molar-refractivity contribution < 1.29 is 10.1 Å². The van der Waals surface area contributed by atoms with Crippen molar-refractivity contribution in [2.45, 2.75) is 0 Å². The summed E-state index contributed by atoms with van der Waals surface area (Å²) in [4.78, 5) is 10.7. The first kappa shape index (κ1) is 9.21. The van der Waals surface area contributed by atoms with Gasteiger partial charge < -0.3 is 11.5 Å². The summed E-state index contributed by atoms with van der Waals surface area (Å²) < 4.78 is 0. The molecule has 0 saturated carbocycles. The van der Waals surface area contributed by atoms with Crippen LogP contribution in [0.1, 0.15) is 10.4 Å². The predicted octanol–water partition coefficient (Wildman–Crippen LogP) is -1.13. The van der Waals surface area contributed by atoms with E-state index in [0.29, 0.717) is 5.56 Å². The van der Waals surface area contributed by atoms with Gasteiger partial charge in [-0.05, 0) is 12.1 Å². The summed E-state index contributed by atoms with van der Waals surface area (Å²) in [7, 11) is 0. The Morgan fingerprint density at radius 1 is 1.23 bits per heavy atom. The number of nitrogens with two attached hydrogens (primary N) is 3. The molecule has 0 aliphatic carbocycles. The van der Waals surface area contributed by atoms with Crippen LogP contribution in [0.25, 0.3) is 0 Å². The lowest BCUT2D eigenvalue weighted by molar-refractivity contribution is -0.447. The summed E-state index contributed by atoms with van der Waals surface area (Å²) in [5, 5.41) is 8.49. The highest BCUT2D eigenvalue weighted by atomic mass is 16.1. The first-order valence-corrected chi connectivity index (χ1v) is 3.68. The molecule has 0 saturated heterocycles. The van der Waals surface area contributed by atoms with E-state index in [1.165, 1.54) is 5.32 Å². The molecular weight excluding hydrogens is 168 g/mol. The lowest BCUT2D eigenvalue weighted by Gasteiger charge is -1.97. The lowest BCUT2D eigenvalue weighted by atomic mass is 10.2. The maximum Gasteiger partial charge on any atom is 0.293 e. The molecule has 0 atom stereocenters. The van der Waals surface area contributed by atoms with Crippen LogP contribution in [-0.2, 0) is 0 Å². The second-order valence-corrected chi connectivity index (χ2v) is 2.59. The van der Waals surface area contributed by atoms with Crippen molar-refractivity contribution >= 4 is 17.6 Å². The van der Waals surface area contributed by atoms with Crippen LogP contribution in [0.3, 0.4) is 0 Å². The average molecular weight is 179 g/mol. The fraction of sp³-hybridized carbons (Fsp3) is 0. The summed E-state index contributed by atoms with van der Waals surface area (Å²) in [5.41, 5.74) is 11.4. The molecule has 0 fully saturated rings. The van der Waals surface area contributed by atoms with Crippen LogP contribution in [0, 0.1) is 5.41 Å². The summed E-state index contributed by atoms with van der Waals surface area (Å²) >= 11 is 0. The predicted molar refractivity (Wildman–Crippen MR) is 48.5 cm³/mol. The van der Waals surface area contributed by atoms with Crippen molar-refractivity contribution in [3.05, 3.63) is 29.8 Å². The van der Waals surface area contributed by atoms with Gasteiger partial charge in [-0.3, -0.25) is 10.1 Å². The fourth-order valence-corrected chi connectivity index (χ4v) is 0.923. The van der Waals surface area contributed by atoms with Crippen molar-refractivity contribution in [3.8, 4) is 0 Å². The zero-order valence-corrected chi connectivity index (χ0v) is 6.95. The molecule has 1 aromatic carbocycles. The summed E-state index contributed by atoms with van der Waals surface area (Å²) in [6.07, 6.45) is 0. The molecule has 1 amide bonds. The Morgan fingerprint density at radius 3 is 2.15 bits per heavy atom. The van der Waals surface area contributed by atoms with Gasteiger partial charge in [0.15, 0.2) is 0 Å². The monoisotopic (exact) mass is 179 g/mol. The van der Waals surface area contributed by atoms with E-state index in [4.69, 9.17) is 16.9 Å². The van der Waals surface area contributed by atoms with E-state index in [2.05, 4.69) is 0 Å². The number of amides is 1. The molecule has 0 heterocycles. The van der Waals surface area contributed by atoms with E-state index in [9.17, 15) is 4.79 Å². The van der Waals surface area contributed by atoms with Gasteiger partial charge in [0.1, 0.15) is 5.69 Å². The highest BCUT2D eigenvalue weighted by Gasteiger charge is 2.02. The number of benzene rings is 1. The third-order valence-corrected chi connectivity index (χ3v) is 1.52. The van der Waals surface area contributed by atoms with Crippen molar-refractivity contribution in [2.75, 3.05) is 0 Å². The fourth-order valence-electron chi connectivity index (χ4n) is 0.923. The number of rotatable bonds is 2. The number of carbonyl (C=O) groups excluding carboxylic acids is 1. The number of nitrogens with one attached hydrogen (secondary N) is 1. The summed E-state index contributed by atoms with van der Waals surface area (Å²) in [6.45, 7) is 0. The Morgan fingerprint density at radius 2 is 1.77 bits per heavy atom. The third kappa shape index (κ3) is 2.57. The number of primary amides is 1. The Hall–Kier alpha value is -1.88. The minimum absolute atomic E-state index is 0.0215. The zero-order valence-electron chi connectivity index (χ0n) is 6.95. The minimum atomic E-state index is -0.464. The van der Waals surface area contributed by atoms with E-state index in [-0.39, 0.29) is 5.96 Å². The maximum absolute atomic E-state index is 10.7. The molecule has 0 aliphatic rings. The van der Waals surface area contributed by atoms with Gasteiger partial charge in [-0.25, -0.2) is 5.41 Å². The summed E-state index contributed by atoms with van der Waals surface area (Å²) in [6, 6.07) is 6.55. The third-order valence-electron chi connectivity index (χ3n) is 1.52. The van der Waals surface area contributed by atoms with Crippen LogP contribution in [0.2, 0.25) is 0 Å². The number of guanidine groups is 1. The molecule has 1 rings (SSSR count). The number of quaternary nitrogens is 1. The van der Waals surface area contributed by atoms with Crippen LogP contribution in [0.15, 0.2) is 24.3 Å². The molecule has 0 aliphatic heterocycles. The molecule has 13 heavy (non-hydrogen) atoms. The van der Waals surface area contributed by atoms with Crippen molar-refractivity contribution in [1.29, 1.82) is 5.41 Å². The molecular formula is C8H11N4O+. The zero-order chi connectivity index (χ0) is 9.84. The van der Waals surface area contributed by atoms with Crippen molar-refractivity contribution in [3.63, 3.8) is 0 Å². The van der Waals surface area contributed by atoms with Crippen LogP contribution < -0.4 is 16.8 Å². The Kier molecular flexibility index (Phi) is 2.61. The highest BCUT2D eigenvalue weighted by molar-refractivity contribution is 5.92. The van der Waals surface area contributed by atoms with Gasteiger partial charge in [-0.2, -0.15) is 0 Å². The first-order chi connectivity index (χ1) is 6.09. The Bertz CT molecular complexity index is 331. The van der Waals surface area contributed by atoms with E-state index >= 15 is 0 Å². The highest BCUT2D eigenvalue weighted by Crippen LogP contribution is 2.02. The number of carbonyl (C=O) groups is 1. The smallest absolute Gasteiger partial charge is 0.293 e. The molecule has 0 spiro atoms. The Balaban J connectivity index is 2.81. The number of hydrogen-bond donors (Lipinski definition) is 4. The molecule has 5 nitrogen and oxygen atoms in total. The van der Waals surface area contributed by atoms with Crippen LogP contribution in [0.4, 0.5) is 5.69 Å². The van der Waals surface area contributed by atoms with Crippen molar-refractivity contribution in [1.82, 2.24) is 0 Å². The Labute approximate surface area is 75.2 Å². The second kappa shape index (κ2) is 3.68. The average Bonchev–Trinajstić information content (AvgIpc) is 2.04. The maximum atomic E-state index is 10.7. The van der Waals surface area contributed by atoms with Crippen LogP contribution in [-0.4, -0.2) is 11.9 Å². The van der Waals surface area contributed by atoms with Gasteiger partial charge in [-0.1, -0.05) is 0 Å². The van der Waals surface area contributed by atoms with Gasteiger partial charge in [0.25, 0.3) is 5.96 Å². The molecule has 0 aromatic heterocycles. The van der Waals surface area contributed by atoms with Crippen LogP contribution in [0.5, 0.6) is 0 Å². The minimum Gasteiger partial charge on any atom is -0.366 e. The van der Waals surface area contributed by atoms with Gasteiger partial charge >= 0.3 is 0 Å². The second-order valence-electron chi connectivity index (χ2n) is 2.59. The molecule has 0 radical (unpaired) electrons. The quantitative estimate of drug-likeness (QED) is 0.262. The van der Waals surface area contributed by atoms with Crippen molar-refractivity contribution in [2.24, 2.45) is 11.5 Å². The number of hydrogen-bond acceptors (Lipinski definition) is 2.